The number of carbonyl (C=O) groups excluding carboxylic acids is 1. The summed E-state index contributed by atoms with van der Waals surface area (Å²) in [6.07, 6.45) is 2.05. The summed E-state index contributed by atoms with van der Waals surface area (Å²) in [7, 11) is -3.53. The molecule has 0 aliphatic carbocycles. The summed E-state index contributed by atoms with van der Waals surface area (Å²) in [6.45, 7) is 5.29. The van der Waals surface area contributed by atoms with Gasteiger partial charge in [0.25, 0.3) is 5.91 Å². The molecular weight excluding hydrogens is 392 g/mol. The number of rotatable bonds is 5. The Bertz CT molecular complexity index is 948. The predicted octanol–water partition coefficient (Wildman–Crippen LogP) is 3.31. The van der Waals surface area contributed by atoms with Crippen LogP contribution < -0.4 is 0 Å². The first-order valence-electron chi connectivity index (χ1n) is 9.27. The van der Waals surface area contributed by atoms with E-state index in [9.17, 15) is 13.2 Å². The molecule has 150 valence electrons. The summed E-state index contributed by atoms with van der Waals surface area (Å²) in [5, 5.41) is 0. The molecule has 0 N–H and O–H groups in total. The Morgan fingerprint density at radius 1 is 0.964 bits per heavy atom. The number of thioether (sulfide) groups is 1. The van der Waals surface area contributed by atoms with E-state index >= 15 is 0 Å². The maximum Gasteiger partial charge on any atom is 0.253 e. The number of sulfonamides is 1. The molecule has 0 unspecified atom stereocenters. The van der Waals surface area contributed by atoms with Crippen LogP contribution in [0.1, 0.15) is 27.0 Å². The molecule has 0 bridgehead atoms. The van der Waals surface area contributed by atoms with Crippen LogP contribution in [-0.4, -0.2) is 56.0 Å². The zero-order valence-corrected chi connectivity index (χ0v) is 18.1. The van der Waals surface area contributed by atoms with Gasteiger partial charge < -0.3 is 4.90 Å². The maximum atomic E-state index is 12.9. The van der Waals surface area contributed by atoms with Crippen molar-refractivity contribution in [3.8, 4) is 0 Å². The highest BCUT2D eigenvalue weighted by Gasteiger charge is 2.30. The van der Waals surface area contributed by atoms with Gasteiger partial charge in [0, 0.05) is 37.5 Å². The topological polar surface area (TPSA) is 57.7 Å². The summed E-state index contributed by atoms with van der Waals surface area (Å²) in [5.74, 6) is 0.877. The Morgan fingerprint density at radius 2 is 1.61 bits per heavy atom. The van der Waals surface area contributed by atoms with Crippen LogP contribution in [0.2, 0.25) is 0 Å². The second-order valence-electron chi connectivity index (χ2n) is 7.07. The van der Waals surface area contributed by atoms with E-state index in [1.54, 1.807) is 28.8 Å². The van der Waals surface area contributed by atoms with E-state index in [4.69, 9.17) is 0 Å². The molecule has 1 saturated heterocycles. The van der Waals surface area contributed by atoms with Gasteiger partial charge in [0.2, 0.25) is 10.0 Å². The Labute approximate surface area is 171 Å². The predicted molar refractivity (Wildman–Crippen MR) is 114 cm³/mol. The first-order chi connectivity index (χ1) is 13.3. The molecule has 1 amide bonds. The number of aryl methyl sites for hydroxylation is 2. The zero-order valence-electron chi connectivity index (χ0n) is 16.5. The summed E-state index contributed by atoms with van der Waals surface area (Å²) in [5.41, 5.74) is 3.86. The molecule has 7 heteroatoms. The van der Waals surface area contributed by atoms with Crippen molar-refractivity contribution in [2.45, 2.75) is 24.5 Å². The number of hydrogen-bond acceptors (Lipinski definition) is 4. The van der Waals surface area contributed by atoms with Crippen molar-refractivity contribution < 1.29 is 13.2 Å². The fraction of sp³-hybridized carbons (Fsp3) is 0.381. The van der Waals surface area contributed by atoms with E-state index in [-0.39, 0.29) is 5.91 Å². The van der Waals surface area contributed by atoms with Gasteiger partial charge in [-0.3, -0.25) is 4.79 Å². The normalized spacial score (nSPS) is 15.6. The van der Waals surface area contributed by atoms with Crippen molar-refractivity contribution in [1.82, 2.24) is 9.21 Å². The van der Waals surface area contributed by atoms with Gasteiger partial charge in [0.05, 0.1) is 4.90 Å². The van der Waals surface area contributed by atoms with Gasteiger partial charge in [0.1, 0.15) is 0 Å². The van der Waals surface area contributed by atoms with Gasteiger partial charge in [-0.25, -0.2) is 8.42 Å². The van der Waals surface area contributed by atoms with Crippen LogP contribution in [0.15, 0.2) is 47.4 Å². The summed E-state index contributed by atoms with van der Waals surface area (Å²) in [4.78, 5) is 14.8. The highest BCUT2D eigenvalue weighted by molar-refractivity contribution is 7.97. The number of hydrogen-bond donors (Lipinski definition) is 0. The largest absolute Gasteiger partial charge is 0.336 e. The second kappa shape index (κ2) is 8.68. The standard InChI is InChI=1S/C21H26N2O3S2/c1-16-4-9-20(14-17(16)2)28(25,26)23-12-10-22(11-13-23)21(24)19-7-5-18(6-8-19)15-27-3/h4-9,14H,10-13,15H2,1-3H3. The van der Waals surface area contributed by atoms with E-state index in [1.165, 1.54) is 9.87 Å². The van der Waals surface area contributed by atoms with Gasteiger partial charge in [-0.1, -0.05) is 18.2 Å². The van der Waals surface area contributed by atoms with Crippen molar-refractivity contribution in [3.05, 3.63) is 64.7 Å². The summed E-state index contributed by atoms with van der Waals surface area (Å²) < 4.78 is 27.3. The van der Waals surface area contributed by atoms with E-state index in [0.717, 1.165) is 16.9 Å². The third kappa shape index (κ3) is 4.42. The zero-order chi connectivity index (χ0) is 20.3. The minimum Gasteiger partial charge on any atom is -0.336 e. The van der Waals surface area contributed by atoms with Crippen LogP contribution in [0.25, 0.3) is 0 Å². The lowest BCUT2D eigenvalue weighted by atomic mass is 10.1. The van der Waals surface area contributed by atoms with Crippen LogP contribution in [0.5, 0.6) is 0 Å². The molecule has 2 aromatic rings. The molecule has 0 spiro atoms. The van der Waals surface area contributed by atoms with E-state index < -0.39 is 10.0 Å². The van der Waals surface area contributed by atoms with Crippen LogP contribution in [0, 0.1) is 13.8 Å². The lowest BCUT2D eigenvalue weighted by Crippen LogP contribution is -2.50. The first-order valence-corrected chi connectivity index (χ1v) is 12.1. The molecular formula is C21H26N2O3S2. The van der Waals surface area contributed by atoms with E-state index in [0.29, 0.717) is 36.6 Å². The number of piperazine rings is 1. The smallest absolute Gasteiger partial charge is 0.253 e. The quantitative estimate of drug-likeness (QED) is 0.748. The van der Waals surface area contributed by atoms with Crippen molar-refractivity contribution >= 4 is 27.7 Å². The average Bonchev–Trinajstić information content (AvgIpc) is 2.70. The molecule has 3 rings (SSSR count). The fourth-order valence-electron chi connectivity index (χ4n) is 3.25. The number of carbonyl (C=O) groups is 1. The Balaban J connectivity index is 1.66. The summed E-state index contributed by atoms with van der Waals surface area (Å²) in [6, 6.07) is 12.9. The SMILES string of the molecule is CSCc1ccc(C(=O)N2CCN(S(=O)(=O)c3ccc(C)c(C)c3)CC2)cc1. The molecule has 1 heterocycles. The van der Waals surface area contributed by atoms with Crippen molar-refractivity contribution in [3.63, 3.8) is 0 Å². The van der Waals surface area contributed by atoms with Gasteiger partial charge in [0.15, 0.2) is 0 Å². The van der Waals surface area contributed by atoms with Gasteiger partial charge >= 0.3 is 0 Å². The molecule has 1 aliphatic rings. The highest BCUT2D eigenvalue weighted by atomic mass is 32.2. The minimum atomic E-state index is -3.53. The van der Waals surface area contributed by atoms with Gasteiger partial charge in [-0.05, 0) is 61.1 Å². The molecule has 1 fully saturated rings. The van der Waals surface area contributed by atoms with Crippen LogP contribution in [-0.2, 0) is 15.8 Å². The third-order valence-corrected chi connectivity index (χ3v) is 7.67. The Kier molecular flexibility index (Phi) is 6.47. The first kappa shape index (κ1) is 20.9. The third-order valence-electron chi connectivity index (χ3n) is 5.15. The second-order valence-corrected chi connectivity index (χ2v) is 9.88. The van der Waals surface area contributed by atoms with Crippen molar-refractivity contribution in [2.24, 2.45) is 0 Å². The monoisotopic (exact) mass is 418 g/mol. The van der Waals surface area contributed by atoms with Gasteiger partial charge in [-0.2, -0.15) is 16.1 Å². The van der Waals surface area contributed by atoms with Crippen LogP contribution >= 0.6 is 11.8 Å². The molecule has 0 aromatic heterocycles. The molecule has 0 radical (unpaired) electrons. The number of benzene rings is 2. The van der Waals surface area contributed by atoms with E-state index in [2.05, 4.69) is 0 Å². The molecule has 5 nitrogen and oxygen atoms in total. The number of nitrogens with zero attached hydrogens (tertiary/aromatic N) is 2. The van der Waals surface area contributed by atoms with Crippen LogP contribution in [0.3, 0.4) is 0 Å². The molecule has 0 atom stereocenters. The Hall–Kier alpha value is -1.83. The minimum absolute atomic E-state index is 0.0427. The molecule has 0 saturated carbocycles. The van der Waals surface area contributed by atoms with Crippen LogP contribution in [0.4, 0.5) is 0 Å². The van der Waals surface area contributed by atoms with E-state index in [1.807, 2.05) is 50.4 Å². The molecule has 1 aliphatic heterocycles. The molecule has 28 heavy (non-hydrogen) atoms. The fourth-order valence-corrected chi connectivity index (χ4v) is 5.28. The lowest BCUT2D eigenvalue weighted by Gasteiger charge is -2.34. The maximum absolute atomic E-state index is 12.9. The number of amides is 1. The lowest BCUT2D eigenvalue weighted by molar-refractivity contribution is 0.0698. The highest BCUT2D eigenvalue weighted by Crippen LogP contribution is 2.21. The Morgan fingerprint density at radius 3 is 2.18 bits per heavy atom. The summed E-state index contributed by atoms with van der Waals surface area (Å²) >= 11 is 1.74. The van der Waals surface area contributed by atoms with Crippen molar-refractivity contribution in [1.29, 1.82) is 0 Å². The molecule has 2 aromatic carbocycles. The average molecular weight is 419 g/mol. The van der Waals surface area contributed by atoms with Crippen molar-refractivity contribution in [2.75, 3.05) is 32.4 Å². The van der Waals surface area contributed by atoms with Gasteiger partial charge in [-0.15, -0.1) is 0 Å².